The van der Waals surface area contributed by atoms with Gasteiger partial charge in [0.15, 0.2) is 5.76 Å². The number of ether oxygens (including phenoxy) is 1. The summed E-state index contributed by atoms with van der Waals surface area (Å²) < 4.78 is 23.7. The smallest absolute Gasteiger partial charge is 0.287 e. The van der Waals surface area contributed by atoms with E-state index >= 15 is 0 Å². The second-order valence-electron chi connectivity index (χ2n) is 5.75. The van der Waals surface area contributed by atoms with Crippen molar-refractivity contribution >= 4 is 29.1 Å². The summed E-state index contributed by atoms with van der Waals surface area (Å²) in [4.78, 5) is 24.0. The molecule has 0 saturated carbocycles. The number of carbonyl (C=O) groups excluding carboxylic acids is 2. The zero-order valence-electron chi connectivity index (χ0n) is 14.6. The number of amides is 2. The minimum absolute atomic E-state index is 0.0528. The Hall–Kier alpha value is -3.32. The first-order valence-electron chi connectivity index (χ1n) is 8.30. The van der Waals surface area contributed by atoms with E-state index in [0.717, 1.165) is 0 Å². The van der Waals surface area contributed by atoms with Gasteiger partial charge in [-0.3, -0.25) is 9.59 Å². The highest BCUT2D eigenvalue weighted by atomic mass is 35.5. The summed E-state index contributed by atoms with van der Waals surface area (Å²) in [5, 5.41) is 5.66. The normalized spacial score (nSPS) is 10.4. The molecular weight excluding hydrogens is 387 g/mol. The number of halogens is 2. The van der Waals surface area contributed by atoms with Gasteiger partial charge in [0.05, 0.1) is 6.54 Å². The Morgan fingerprint density at radius 2 is 1.71 bits per heavy atom. The third-order valence-electron chi connectivity index (χ3n) is 3.62. The van der Waals surface area contributed by atoms with Crippen molar-refractivity contribution in [2.24, 2.45) is 0 Å². The Morgan fingerprint density at radius 3 is 2.43 bits per heavy atom. The third kappa shape index (κ3) is 5.59. The number of anilines is 1. The molecule has 6 nitrogen and oxygen atoms in total. The molecule has 0 aliphatic rings. The van der Waals surface area contributed by atoms with Crippen LogP contribution in [0.2, 0.25) is 5.02 Å². The molecule has 0 atom stereocenters. The standard InChI is InChI=1S/C20H16ClFN2O4/c21-13-1-5-15(6-2-13)24-19(25)11-23-20(26)18-10-9-17(28-18)12-27-16-7-3-14(22)4-8-16/h1-10H,11-12H2,(H,23,26)(H,24,25). The van der Waals surface area contributed by atoms with Crippen LogP contribution >= 0.6 is 11.6 Å². The predicted octanol–water partition coefficient (Wildman–Crippen LogP) is 4.02. The van der Waals surface area contributed by atoms with Gasteiger partial charge in [-0.05, 0) is 60.7 Å². The van der Waals surface area contributed by atoms with Crippen LogP contribution in [0.3, 0.4) is 0 Å². The molecule has 2 N–H and O–H groups in total. The largest absolute Gasteiger partial charge is 0.486 e. The van der Waals surface area contributed by atoms with E-state index in [-0.39, 0.29) is 30.6 Å². The molecule has 0 saturated heterocycles. The van der Waals surface area contributed by atoms with Crippen LogP contribution in [0.25, 0.3) is 0 Å². The molecule has 144 valence electrons. The molecule has 1 aromatic heterocycles. The Kier molecular flexibility index (Phi) is 6.29. The number of hydrogen-bond acceptors (Lipinski definition) is 4. The van der Waals surface area contributed by atoms with Crippen molar-refractivity contribution in [2.45, 2.75) is 6.61 Å². The molecule has 0 bridgehead atoms. The lowest BCUT2D eigenvalue weighted by Gasteiger charge is -2.06. The van der Waals surface area contributed by atoms with E-state index in [1.807, 2.05) is 0 Å². The Morgan fingerprint density at radius 1 is 1.00 bits per heavy atom. The van der Waals surface area contributed by atoms with Gasteiger partial charge in [-0.2, -0.15) is 0 Å². The van der Waals surface area contributed by atoms with Gasteiger partial charge in [0, 0.05) is 10.7 Å². The van der Waals surface area contributed by atoms with Crippen molar-refractivity contribution < 1.29 is 23.1 Å². The maximum absolute atomic E-state index is 12.9. The van der Waals surface area contributed by atoms with Crippen LogP contribution in [0.5, 0.6) is 5.75 Å². The van der Waals surface area contributed by atoms with Gasteiger partial charge in [-0.25, -0.2) is 4.39 Å². The quantitative estimate of drug-likeness (QED) is 0.625. The summed E-state index contributed by atoms with van der Waals surface area (Å²) in [6.45, 7) is -0.139. The summed E-state index contributed by atoms with van der Waals surface area (Å²) >= 11 is 5.78. The number of furan rings is 1. The summed E-state index contributed by atoms with van der Waals surface area (Å²) in [7, 11) is 0. The maximum atomic E-state index is 12.9. The number of hydrogen-bond donors (Lipinski definition) is 2. The number of rotatable bonds is 7. The van der Waals surface area contributed by atoms with Crippen molar-refractivity contribution in [2.75, 3.05) is 11.9 Å². The molecule has 3 rings (SSSR count). The van der Waals surface area contributed by atoms with Crippen molar-refractivity contribution in [1.82, 2.24) is 5.32 Å². The molecular formula is C20H16ClFN2O4. The van der Waals surface area contributed by atoms with Crippen LogP contribution in [0.15, 0.2) is 65.1 Å². The molecule has 3 aromatic rings. The Balaban J connectivity index is 1.46. The van der Waals surface area contributed by atoms with Crippen molar-refractivity contribution in [3.05, 3.63) is 83.0 Å². The lowest BCUT2D eigenvalue weighted by molar-refractivity contribution is -0.115. The van der Waals surface area contributed by atoms with Gasteiger partial charge in [0.25, 0.3) is 5.91 Å². The highest BCUT2D eigenvalue weighted by Crippen LogP contribution is 2.15. The second-order valence-corrected chi connectivity index (χ2v) is 6.18. The van der Waals surface area contributed by atoms with Gasteiger partial charge < -0.3 is 19.8 Å². The summed E-state index contributed by atoms with van der Waals surface area (Å²) in [6, 6.07) is 15.2. The first-order valence-corrected chi connectivity index (χ1v) is 8.68. The van der Waals surface area contributed by atoms with Crippen LogP contribution in [0, 0.1) is 5.82 Å². The average molecular weight is 403 g/mol. The molecule has 28 heavy (non-hydrogen) atoms. The van der Waals surface area contributed by atoms with E-state index in [4.69, 9.17) is 20.8 Å². The molecule has 0 radical (unpaired) electrons. The highest BCUT2D eigenvalue weighted by Gasteiger charge is 2.13. The van der Waals surface area contributed by atoms with Crippen LogP contribution in [0.1, 0.15) is 16.3 Å². The molecule has 0 unspecified atom stereocenters. The van der Waals surface area contributed by atoms with Gasteiger partial charge in [-0.1, -0.05) is 11.6 Å². The minimum Gasteiger partial charge on any atom is -0.486 e. The fourth-order valence-corrected chi connectivity index (χ4v) is 2.37. The predicted molar refractivity (Wildman–Crippen MR) is 102 cm³/mol. The second kappa shape index (κ2) is 9.05. The first-order chi connectivity index (χ1) is 13.5. The van der Waals surface area contributed by atoms with E-state index in [0.29, 0.717) is 22.2 Å². The van der Waals surface area contributed by atoms with Crippen molar-refractivity contribution in [3.8, 4) is 5.75 Å². The molecule has 0 aliphatic carbocycles. The lowest BCUT2D eigenvalue weighted by Crippen LogP contribution is -2.32. The maximum Gasteiger partial charge on any atom is 0.287 e. The van der Waals surface area contributed by atoms with Crippen LogP contribution in [-0.4, -0.2) is 18.4 Å². The van der Waals surface area contributed by atoms with Crippen molar-refractivity contribution in [1.29, 1.82) is 0 Å². The molecule has 8 heteroatoms. The highest BCUT2D eigenvalue weighted by molar-refractivity contribution is 6.30. The topological polar surface area (TPSA) is 80.6 Å². The number of nitrogens with one attached hydrogen (secondary N) is 2. The molecule has 0 aliphatic heterocycles. The van der Waals surface area contributed by atoms with Gasteiger partial charge in [0.2, 0.25) is 5.91 Å². The summed E-state index contributed by atoms with van der Waals surface area (Å²) in [6.07, 6.45) is 0. The first kappa shape index (κ1) is 19.4. The Bertz CT molecular complexity index is 955. The van der Waals surface area contributed by atoms with Crippen LogP contribution < -0.4 is 15.4 Å². The summed E-state index contributed by atoms with van der Waals surface area (Å²) in [5.74, 6) is -0.328. The van der Waals surface area contributed by atoms with Gasteiger partial charge >= 0.3 is 0 Å². The van der Waals surface area contributed by atoms with Gasteiger partial charge in [0.1, 0.15) is 23.9 Å². The molecule has 2 amide bonds. The van der Waals surface area contributed by atoms with Crippen LogP contribution in [-0.2, 0) is 11.4 Å². The number of benzene rings is 2. The average Bonchev–Trinajstić information content (AvgIpc) is 3.17. The van der Waals surface area contributed by atoms with E-state index < -0.39 is 5.91 Å². The fourth-order valence-electron chi connectivity index (χ4n) is 2.25. The lowest BCUT2D eigenvalue weighted by atomic mass is 10.3. The Labute approximate surface area is 165 Å². The summed E-state index contributed by atoms with van der Waals surface area (Å²) in [5.41, 5.74) is 0.571. The monoisotopic (exact) mass is 402 g/mol. The van der Waals surface area contributed by atoms with E-state index in [2.05, 4.69) is 10.6 Å². The van der Waals surface area contributed by atoms with E-state index in [9.17, 15) is 14.0 Å². The van der Waals surface area contributed by atoms with E-state index in [1.165, 1.54) is 30.3 Å². The zero-order valence-corrected chi connectivity index (χ0v) is 15.3. The van der Waals surface area contributed by atoms with Gasteiger partial charge in [-0.15, -0.1) is 0 Å². The molecule has 0 fully saturated rings. The van der Waals surface area contributed by atoms with E-state index in [1.54, 1.807) is 30.3 Å². The SMILES string of the molecule is O=C(CNC(=O)c1ccc(COc2ccc(F)cc2)o1)Nc1ccc(Cl)cc1. The third-order valence-corrected chi connectivity index (χ3v) is 3.87. The molecule has 0 spiro atoms. The van der Waals surface area contributed by atoms with Crippen molar-refractivity contribution in [3.63, 3.8) is 0 Å². The molecule has 2 aromatic carbocycles. The molecule has 1 heterocycles. The minimum atomic E-state index is -0.528. The zero-order chi connectivity index (χ0) is 19.9. The fraction of sp³-hybridized carbons (Fsp3) is 0.100. The van der Waals surface area contributed by atoms with Crippen LogP contribution in [0.4, 0.5) is 10.1 Å². The number of carbonyl (C=O) groups is 2.